The van der Waals surface area contributed by atoms with Gasteiger partial charge in [0.15, 0.2) is 0 Å². The van der Waals surface area contributed by atoms with Crippen LogP contribution in [-0.4, -0.2) is 51.3 Å². The molecule has 1 amide bonds. The summed E-state index contributed by atoms with van der Waals surface area (Å²) in [5, 5.41) is 7.87. The van der Waals surface area contributed by atoms with E-state index < -0.39 is 28.8 Å². The van der Waals surface area contributed by atoms with E-state index in [0.29, 0.717) is 31.4 Å². The van der Waals surface area contributed by atoms with Gasteiger partial charge in [0.25, 0.3) is 0 Å². The standard InChI is InChI=1S/C26H30F4N4O3/c1-24(2,3)37-23(35)34-11-9-25(10-12-34,18-5-7-20(27)8-6-18)16-36-15-17-13-19(26(28,29)30)14-21-22(17)31-32-33(21)4/h5-8,13-14H,9-12,15-16H2,1-4H3. The number of aromatic nitrogens is 3. The van der Waals surface area contributed by atoms with Crippen molar-refractivity contribution in [3.63, 3.8) is 0 Å². The largest absolute Gasteiger partial charge is 0.444 e. The van der Waals surface area contributed by atoms with Crippen LogP contribution in [0.15, 0.2) is 36.4 Å². The van der Waals surface area contributed by atoms with E-state index in [-0.39, 0.29) is 30.1 Å². The summed E-state index contributed by atoms with van der Waals surface area (Å²) < 4.78 is 67.0. The third-order valence-corrected chi connectivity index (χ3v) is 6.59. The molecule has 2 heterocycles. The zero-order valence-corrected chi connectivity index (χ0v) is 21.2. The third kappa shape index (κ3) is 6.03. The molecule has 7 nitrogen and oxygen atoms in total. The lowest BCUT2D eigenvalue weighted by atomic mass is 9.73. The highest BCUT2D eigenvalue weighted by atomic mass is 19.4. The molecule has 0 saturated carbocycles. The fourth-order valence-corrected chi connectivity index (χ4v) is 4.59. The summed E-state index contributed by atoms with van der Waals surface area (Å²) in [5.41, 5.74) is -0.274. The van der Waals surface area contributed by atoms with Crippen LogP contribution >= 0.6 is 0 Å². The van der Waals surface area contributed by atoms with Gasteiger partial charge in [0.1, 0.15) is 16.9 Å². The zero-order valence-electron chi connectivity index (χ0n) is 21.2. The predicted octanol–water partition coefficient (Wildman–Crippen LogP) is 5.61. The van der Waals surface area contributed by atoms with Crippen molar-refractivity contribution in [1.82, 2.24) is 19.9 Å². The van der Waals surface area contributed by atoms with E-state index in [2.05, 4.69) is 10.3 Å². The molecule has 1 aliphatic heterocycles. The number of alkyl halides is 3. The highest BCUT2D eigenvalue weighted by Crippen LogP contribution is 2.38. The summed E-state index contributed by atoms with van der Waals surface area (Å²) >= 11 is 0. The SMILES string of the molecule is Cn1nnc2c(COCC3(c4ccc(F)cc4)CCN(C(=O)OC(C)(C)C)CC3)cc(C(F)(F)F)cc21. The predicted molar refractivity (Wildman–Crippen MR) is 128 cm³/mol. The number of nitrogens with zero attached hydrogens (tertiary/aromatic N) is 4. The molecule has 0 spiro atoms. The number of likely N-dealkylation sites (tertiary alicyclic amines) is 1. The summed E-state index contributed by atoms with van der Waals surface area (Å²) in [7, 11) is 1.53. The Balaban J connectivity index is 1.55. The molecule has 0 N–H and O–H groups in total. The molecule has 0 unspecified atom stereocenters. The Morgan fingerprint density at radius 3 is 2.32 bits per heavy atom. The van der Waals surface area contributed by atoms with Crippen LogP contribution in [0.2, 0.25) is 0 Å². The van der Waals surface area contributed by atoms with Gasteiger partial charge in [-0.15, -0.1) is 5.10 Å². The van der Waals surface area contributed by atoms with Gasteiger partial charge in [0.2, 0.25) is 0 Å². The number of benzene rings is 2. The van der Waals surface area contributed by atoms with Gasteiger partial charge in [0.05, 0.1) is 24.3 Å². The van der Waals surface area contributed by atoms with Gasteiger partial charge in [-0.2, -0.15) is 13.2 Å². The molecular weight excluding hydrogens is 492 g/mol. The molecule has 0 bridgehead atoms. The Morgan fingerprint density at radius 1 is 1.08 bits per heavy atom. The van der Waals surface area contributed by atoms with Gasteiger partial charge in [-0.1, -0.05) is 17.3 Å². The fraction of sp³-hybridized carbons (Fsp3) is 0.500. The Morgan fingerprint density at radius 2 is 1.73 bits per heavy atom. The number of amides is 1. The minimum Gasteiger partial charge on any atom is -0.444 e. The van der Waals surface area contributed by atoms with E-state index in [0.717, 1.165) is 17.7 Å². The molecule has 11 heteroatoms. The van der Waals surface area contributed by atoms with Crippen molar-refractivity contribution in [2.75, 3.05) is 19.7 Å². The van der Waals surface area contributed by atoms with Crippen molar-refractivity contribution in [2.24, 2.45) is 7.05 Å². The highest BCUT2D eigenvalue weighted by Gasteiger charge is 2.39. The Labute approximate surface area is 212 Å². The van der Waals surface area contributed by atoms with Crippen molar-refractivity contribution < 1.29 is 31.8 Å². The van der Waals surface area contributed by atoms with Gasteiger partial charge >= 0.3 is 12.3 Å². The number of aryl methyl sites for hydroxylation is 1. The van der Waals surface area contributed by atoms with Crippen molar-refractivity contribution in [3.05, 3.63) is 58.9 Å². The lowest BCUT2D eigenvalue weighted by Crippen LogP contribution is -2.48. The van der Waals surface area contributed by atoms with Crippen LogP contribution in [0.5, 0.6) is 0 Å². The number of carbonyl (C=O) groups is 1. The average molecular weight is 523 g/mol. The fourth-order valence-electron chi connectivity index (χ4n) is 4.59. The van der Waals surface area contributed by atoms with Crippen molar-refractivity contribution in [1.29, 1.82) is 0 Å². The maximum absolute atomic E-state index is 13.7. The summed E-state index contributed by atoms with van der Waals surface area (Å²) in [6.45, 7) is 6.24. The number of carbonyl (C=O) groups excluding carboxylic acids is 1. The highest BCUT2D eigenvalue weighted by molar-refractivity contribution is 5.79. The molecule has 0 atom stereocenters. The molecule has 1 aliphatic rings. The second-order valence-corrected chi connectivity index (χ2v) is 10.5. The quantitative estimate of drug-likeness (QED) is 0.408. The minimum atomic E-state index is -4.53. The van der Waals surface area contributed by atoms with Crippen LogP contribution in [0.3, 0.4) is 0 Å². The van der Waals surface area contributed by atoms with Crippen LogP contribution in [0.1, 0.15) is 50.3 Å². The van der Waals surface area contributed by atoms with Crippen molar-refractivity contribution in [2.45, 2.75) is 57.4 Å². The monoisotopic (exact) mass is 522 g/mol. The number of halogens is 4. The van der Waals surface area contributed by atoms with Crippen LogP contribution in [0.25, 0.3) is 11.0 Å². The Kier molecular flexibility index (Phi) is 7.20. The normalized spacial score (nSPS) is 16.3. The van der Waals surface area contributed by atoms with Gasteiger partial charge in [-0.3, -0.25) is 0 Å². The van der Waals surface area contributed by atoms with E-state index in [9.17, 15) is 22.4 Å². The van der Waals surface area contributed by atoms with E-state index in [1.807, 2.05) is 0 Å². The topological polar surface area (TPSA) is 69.5 Å². The summed E-state index contributed by atoms with van der Waals surface area (Å²) in [6, 6.07) is 8.17. The molecule has 1 fully saturated rings. The number of ether oxygens (including phenoxy) is 2. The smallest absolute Gasteiger partial charge is 0.416 e. The van der Waals surface area contributed by atoms with E-state index >= 15 is 0 Å². The number of fused-ring (bicyclic) bond motifs is 1. The molecule has 0 radical (unpaired) electrons. The molecule has 1 saturated heterocycles. The number of piperidine rings is 1. The first kappa shape index (κ1) is 26.8. The summed E-state index contributed by atoms with van der Waals surface area (Å²) in [4.78, 5) is 14.2. The molecule has 1 aromatic heterocycles. The molecule has 0 aliphatic carbocycles. The lowest BCUT2D eigenvalue weighted by Gasteiger charge is -2.42. The molecule has 3 aromatic rings. The Hall–Kier alpha value is -3.21. The van der Waals surface area contributed by atoms with Crippen LogP contribution in [0, 0.1) is 5.82 Å². The first-order chi connectivity index (χ1) is 17.3. The first-order valence-corrected chi connectivity index (χ1v) is 12.0. The van der Waals surface area contributed by atoms with Gasteiger partial charge in [0, 0.05) is 31.1 Å². The zero-order chi connectivity index (χ0) is 27.0. The van der Waals surface area contributed by atoms with Crippen molar-refractivity contribution >= 4 is 17.1 Å². The summed E-state index contributed by atoms with van der Waals surface area (Å²) in [5.74, 6) is -0.375. The molecular formula is C26H30F4N4O3. The molecule has 4 rings (SSSR count). The van der Waals surface area contributed by atoms with E-state index in [1.165, 1.54) is 23.9 Å². The second kappa shape index (κ2) is 9.92. The van der Waals surface area contributed by atoms with E-state index in [4.69, 9.17) is 9.47 Å². The molecule has 2 aromatic carbocycles. The first-order valence-electron chi connectivity index (χ1n) is 12.0. The van der Waals surface area contributed by atoms with Crippen LogP contribution < -0.4 is 0 Å². The second-order valence-electron chi connectivity index (χ2n) is 10.5. The van der Waals surface area contributed by atoms with Gasteiger partial charge in [-0.05, 0) is 63.4 Å². The van der Waals surface area contributed by atoms with Gasteiger partial charge in [-0.25, -0.2) is 13.9 Å². The van der Waals surface area contributed by atoms with E-state index in [1.54, 1.807) is 37.8 Å². The summed E-state index contributed by atoms with van der Waals surface area (Å²) in [6.07, 6.45) is -3.91. The number of hydrogen-bond acceptors (Lipinski definition) is 5. The van der Waals surface area contributed by atoms with Crippen LogP contribution in [-0.2, 0) is 34.7 Å². The lowest BCUT2D eigenvalue weighted by molar-refractivity contribution is -0.137. The number of rotatable bonds is 5. The average Bonchev–Trinajstić information content (AvgIpc) is 3.19. The molecule has 200 valence electrons. The maximum atomic E-state index is 13.7. The van der Waals surface area contributed by atoms with Gasteiger partial charge < -0.3 is 14.4 Å². The minimum absolute atomic E-state index is 0.113. The van der Waals surface area contributed by atoms with Crippen LogP contribution in [0.4, 0.5) is 22.4 Å². The maximum Gasteiger partial charge on any atom is 0.416 e. The molecule has 37 heavy (non-hydrogen) atoms. The van der Waals surface area contributed by atoms with Crippen molar-refractivity contribution in [3.8, 4) is 0 Å². The third-order valence-electron chi connectivity index (χ3n) is 6.59. The number of hydrogen-bond donors (Lipinski definition) is 0. The Bertz CT molecular complexity index is 1260.